The normalized spacial score (nSPS) is 22.5. The number of carboxylic acid groups (broad SMARTS) is 1. The number of carbonyl (C=O) groups is 2. The summed E-state index contributed by atoms with van der Waals surface area (Å²) in [5.41, 5.74) is 0.417. The Balaban J connectivity index is 1.71. The van der Waals surface area contributed by atoms with Crippen LogP contribution in [0.2, 0.25) is 0 Å². The fraction of sp³-hybridized carbons (Fsp3) is 0.667. The summed E-state index contributed by atoms with van der Waals surface area (Å²) in [6.07, 6.45) is 3.88. The van der Waals surface area contributed by atoms with E-state index < -0.39 is 11.9 Å². The van der Waals surface area contributed by atoms with Gasteiger partial charge in [0.25, 0.3) is 5.91 Å². The van der Waals surface area contributed by atoms with Crippen molar-refractivity contribution in [2.45, 2.75) is 44.8 Å². The van der Waals surface area contributed by atoms with Gasteiger partial charge in [-0.15, -0.1) is 11.3 Å². The van der Waals surface area contributed by atoms with E-state index in [1.165, 1.54) is 11.3 Å². The average Bonchev–Trinajstić information content (AvgIpc) is 3.01. The molecule has 0 radical (unpaired) electrons. The fourth-order valence-electron chi connectivity index (χ4n) is 2.61. The van der Waals surface area contributed by atoms with Crippen molar-refractivity contribution in [2.24, 2.45) is 5.92 Å². The number of aliphatic carboxylic acids is 1. The lowest BCUT2D eigenvalue weighted by Gasteiger charge is -2.23. The second kappa shape index (κ2) is 6.34. The van der Waals surface area contributed by atoms with Crippen LogP contribution in [0.3, 0.4) is 0 Å². The third-order valence-corrected chi connectivity index (χ3v) is 5.02. The standard InChI is InChI=1S/C15H20N2O4S/c1-9(15(19)20)7-17(10-4-5-10)14(18)11-8-22-13(16-11)12-3-2-6-21-12/h8-10,12H,2-7H2,1H3,(H,19,20). The number of hydrogen-bond acceptors (Lipinski definition) is 5. The number of aromatic nitrogens is 1. The summed E-state index contributed by atoms with van der Waals surface area (Å²) in [6.45, 7) is 2.62. The van der Waals surface area contributed by atoms with Gasteiger partial charge in [0, 0.05) is 24.6 Å². The smallest absolute Gasteiger partial charge is 0.308 e. The number of thiazole rings is 1. The number of ether oxygens (including phenoxy) is 1. The average molecular weight is 324 g/mol. The Hall–Kier alpha value is -1.47. The van der Waals surface area contributed by atoms with Crippen molar-refractivity contribution in [1.82, 2.24) is 9.88 Å². The summed E-state index contributed by atoms with van der Waals surface area (Å²) in [7, 11) is 0. The maximum absolute atomic E-state index is 12.6. The van der Waals surface area contributed by atoms with Crippen LogP contribution in [0.25, 0.3) is 0 Å². The molecule has 0 bridgehead atoms. The van der Waals surface area contributed by atoms with Gasteiger partial charge < -0.3 is 14.7 Å². The lowest BCUT2D eigenvalue weighted by Crippen LogP contribution is -2.38. The first-order valence-electron chi connectivity index (χ1n) is 7.67. The van der Waals surface area contributed by atoms with E-state index in [4.69, 9.17) is 9.84 Å². The summed E-state index contributed by atoms with van der Waals surface area (Å²) < 4.78 is 5.59. The zero-order valence-electron chi connectivity index (χ0n) is 12.5. The fourth-order valence-corrected chi connectivity index (χ4v) is 3.49. The van der Waals surface area contributed by atoms with E-state index in [1.807, 2.05) is 0 Å². The first kappa shape index (κ1) is 15.4. The predicted molar refractivity (Wildman–Crippen MR) is 80.9 cm³/mol. The van der Waals surface area contributed by atoms with Crippen molar-refractivity contribution in [3.63, 3.8) is 0 Å². The Kier molecular flexibility index (Phi) is 4.44. The molecule has 2 atom stereocenters. The van der Waals surface area contributed by atoms with Crippen LogP contribution >= 0.6 is 11.3 Å². The van der Waals surface area contributed by atoms with Crippen molar-refractivity contribution in [3.8, 4) is 0 Å². The van der Waals surface area contributed by atoms with E-state index in [9.17, 15) is 9.59 Å². The van der Waals surface area contributed by atoms with E-state index in [0.717, 1.165) is 37.3 Å². The molecule has 2 unspecified atom stereocenters. The molecule has 3 rings (SSSR count). The second-order valence-electron chi connectivity index (χ2n) is 6.00. The SMILES string of the molecule is CC(CN(C(=O)c1csc(C2CCCO2)n1)C1CC1)C(=O)O. The molecule has 120 valence electrons. The quantitative estimate of drug-likeness (QED) is 0.868. The largest absolute Gasteiger partial charge is 0.481 e. The Morgan fingerprint density at radius 3 is 2.86 bits per heavy atom. The molecule has 0 aromatic carbocycles. The Labute approximate surface area is 133 Å². The minimum atomic E-state index is -0.878. The van der Waals surface area contributed by atoms with Crippen LogP contribution in [0.1, 0.15) is 54.2 Å². The summed E-state index contributed by atoms with van der Waals surface area (Å²) in [6, 6.07) is 0.169. The summed E-state index contributed by atoms with van der Waals surface area (Å²) in [5, 5.41) is 11.7. The Bertz CT molecular complexity index is 564. The molecule has 7 heteroatoms. The van der Waals surface area contributed by atoms with Crippen LogP contribution in [-0.4, -0.2) is 46.1 Å². The molecule has 2 heterocycles. The van der Waals surface area contributed by atoms with Gasteiger partial charge in [-0.1, -0.05) is 6.92 Å². The summed E-state index contributed by atoms with van der Waals surface area (Å²) >= 11 is 1.45. The Morgan fingerprint density at radius 2 is 2.27 bits per heavy atom. The Morgan fingerprint density at radius 1 is 1.50 bits per heavy atom. The highest BCUT2D eigenvalue weighted by molar-refractivity contribution is 7.09. The first-order chi connectivity index (χ1) is 10.6. The highest BCUT2D eigenvalue weighted by Gasteiger charge is 2.36. The molecule has 2 aliphatic rings. The molecule has 6 nitrogen and oxygen atoms in total. The van der Waals surface area contributed by atoms with Gasteiger partial charge in [0.2, 0.25) is 0 Å². The zero-order valence-corrected chi connectivity index (χ0v) is 13.3. The van der Waals surface area contributed by atoms with Gasteiger partial charge in [-0.25, -0.2) is 4.98 Å². The third kappa shape index (κ3) is 3.30. The molecule has 1 aromatic rings. The topological polar surface area (TPSA) is 79.7 Å². The highest BCUT2D eigenvalue weighted by Crippen LogP contribution is 2.32. The molecule has 1 saturated heterocycles. The monoisotopic (exact) mass is 324 g/mol. The van der Waals surface area contributed by atoms with Crippen LogP contribution in [-0.2, 0) is 9.53 Å². The zero-order chi connectivity index (χ0) is 15.7. The van der Waals surface area contributed by atoms with Gasteiger partial charge in [-0.05, 0) is 25.7 Å². The van der Waals surface area contributed by atoms with Crippen molar-refractivity contribution in [2.75, 3.05) is 13.2 Å². The van der Waals surface area contributed by atoms with Crippen molar-refractivity contribution < 1.29 is 19.4 Å². The van der Waals surface area contributed by atoms with Gasteiger partial charge >= 0.3 is 5.97 Å². The van der Waals surface area contributed by atoms with Crippen LogP contribution in [0.5, 0.6) is 0 Å². The van der Waals surface area contributed by atoms with Crippen LogP contribution in [0, 0.1) is 5.92 Å². The summed E-state index contributed by atoms with van der Waals surface area (Å²) in [4.78, 5) is 29.8. The van der Waals surface area contributed by atoms with Gasteiger partial charge in [-0.2, -0.15) is 0 Å². The predicted octanol–water partition coefficient (Wildman–Crippen LogP) is 2.32. The minimum absolute atomic E-state index is 0.0128. The molecule has 1 saturated carbocycles. The molecule has 1 aliphatic heterocycles. The number of hydrogen-bond donors (Lipinski definition) is 1. The van der Waals surface area contributed by atoms with Crippen molar-refractivity contribution in [3.05, 3.63) is 16.1 Å². The molecule has 1 amide bonds. The van der Waals surface area contributed by atoms with E-state index in [-0.39, 0.29) is 24.6 Å². The minimum Gasteiger partial charge on any atom is -0.481 e. The molecule has 22 heavy (non-hydrogen) atoms. The van der Waals surface area contributed by atoms with E-state index in [2.05, 4.69) is 4.98 Å². The number of carboxylic acids is 1. The van der Waals surface area contributed by atoms with Crippen LogP contribution < -0.4 is 0 Å². The van der Waals surface area contributed by atoms with Crippen molar-refractivity contribution >= 4 is 23.2 Å². The summed E-state index contributed by atoms with van der Waals surface area (Å²) in [5.74, 6) is -1.60. The van der Waals surface area contributed by atoms with Gasteiger partial charge in [0.15, 0.2) is 0 Å². The lowest BCUT2D eigenvalue weighted by atomic mass is 10.1. The number of rotatable bonds is 6. The van der Waals surface area contributed by atoms with Crippen molar-refractivity contribution in [1.29, 1.82) is 0 Å². The van der Waals surface area contributed by atoms with Gasteiger partial charge in [0.05, 0.1) is 5.92 Å². The van der Waals surface area contributed by atoms with E-state index in [1.54, 1.807) is 17.2 Å². The maximum atomic E-state index is 12.6. The lowest BCUT2D eigenvalue weighted by molar-refractivity contribution is -0.141. The molecule has 1 aromatic heterocycles. The number of nitrogens with zero attached hydrogens (tertiary/aromatic N) is 2. The molecular formula is C15H20N2O4S. The molecule has 1 N–H and O–H groups in total. The molecule has 0 spiro atoms. The molecule has 2 fully saturated rings. The van der Waals surface area contributed by atoms with E-state index >= 15 is 0 Å². The van der Waals surface area contributed by atoms with Crippen LogP contribution in [0.15, 0.2) is 5.38 Å². The maximum Gasteiger partial charge on any atom is 0.308 e. The van der Waals surface area contributed by atoms with Gasteiger partial charge in [0.1, 0.15) is 16.8 Å². The van der Waals surface area contributed by atoms with Gasteiger partial charge in [-0.3, -0.25) is 9.59 Å². The number of carbonyl (C=O) groups excluding carboxylic acids is 1. The van der Waals surface area contributed by atoms with E-state index in [0.29, 0.717) is 5.69 Å². The number of amides is 1. The second-order valence-corrected chi connectivity index (χ2v) is 6.89. The third-order valence-electron chi connectivity index (χ3n) is 4.09. The molecular weight excluding hydrogens is 304 g/mol. The first-order valence-corrected chi connectivity index (χ1v) is 8.55. The highest BCUT2D eigenvalue weighted by atomic mass is 32.1. The molecule has 1 aliphatic carbocycles. The van der Waals surface area contributed by atoms with Crippen LogP contribution in [0.4, 0.5) is 0 Å².